The Labute approximate surface area is 116 Å². The molecular weight excluding hydrogens is 252 g/mol. The number of nitrogens with zero attached hydrogens (tertiary/aromatic N) is 2. The van der Waals surface area contributed by atoms with Crippen molar-refractivity contribution in [1.82, 2.24) is 0 Å². The third-order valence-electron chi connectivity index (χ3n) is 2.85. The summed E-state index contributed by atoms with van der Waals surface area (Å²) in [6, 6.07) is 15.7. The lowest BCUT2D eigenvalue weighted by Gasteiger charge is -2.07. The molecule has 0 spiro atoms. The van der Waals surface area contributed by atoms with Crippen LogP contribution >= 0.6 is 11.3 Å². The first-order valence-corrected chi connectivity index (χ1v) is 6.66. The Hall–Kier alpha value is -2.36. The van der Waals surface area contributed by atoms with E-state index >= 15 is 0 Å². The van der Waals surface area contributed by atoms with Gasteiger partial charge in [0.1, 0.15) is 17.7 Å². The Morgan fingerprint density at radius 1 is 1.05 bits per heavy atom. The molecule has 1 heterocycles. The van der Waals surface area contributed by atoms with Crippen molar-refractivity contribution < 1.29 is 0 Å². The Bertz CT molecular complexity index is 693. The number of allylic oxidation sites excluding steroid dienone is 1. The first-order valence-electron chi connectivity index (χ1n) is 5.84. The van der Waals surface area contributed by atoms with Gasteiger partial charge in [-0.15, -0.1) is 11.3 Å². The summed E-state index contributed by atoms with van der Waals surface area (Å²) < 4.78 is 0. The van der Waals surface area contributed by atoms with Crippen molar-refractivity contribution in [2.45, 2.75) is 13.8 Å². The van der Waals surface area contributed by atoms with Crippen molar-refractivity contribution in [3.05, 3.63) is 62.9 Å². The highest BCUT2D eigenvalue weighted by molar-refractivity contribution is 7.12. The molecule has 19 heavy (non-hydrogen) atoms. The molecule has 0 fully saturated rings. The number of nitriles is 2. The largest absolute Gasteiger partial charge is 0.192 e. The van der Waals surface area contributed by atoms with E-state index in [-0.39, 0.29) is 5.57 Å². The van der Waals surface area contributed by atoms with Gasteiger partial charge in [-0.25, -0.2) is 0 Å². The van der Waals surface area contributed by atoms with Gasteiger partial charge in [0, 0.05) is 15.3 Å². The van der Waals surface area contributed by atoms with E-state index in [1.807, 2.05) is 62.4 Å². The number of aryl methyl sites for hydroxylation is 2. The van der Waals surface area contributed by atoms with Gasteiger partial charge in [-0.3, -0.25) is 0 Å². The van der Waals surface area contributed by atoms with E-state index in [2.05, 4.69) is 0 Å². The van der Waals surface area contributed by atoms with Crippen LogP contribution in [-0.2, 0) is 0 Å². The third-order valence-corrected chi connectivity index (χ3v) is 3.81. The Balaban J connectivity index is 2.75. The van der Waals surface area contributed by atoms with Crippen molar-refractivity contribution in [3.63, 3.8) is 0 Å². The van der Waals surface area contributed by atoms with Gasteiger partial charge in [-0.1, -0.05) is 30.3 Å². The minimum atomic E-state index is 0.159. The molecule has 1 aromatic carbocycles. The topological polar surface area (TPSA) is 47.6 Å². The molecule has 3 heteroatoms. The summed E-state index contributed by atoms with van der Waals surface area (Å²) in [5.41, 5.74) is 2.77. The van der Waals surface area contributed by atoms with Gasteiger partial charge in [0.25, 0.3) is 0 Å². The quantitative estimate of drug-likeness (QED) is 0.763. The molecule has 0 unspecified atom stereocenters. The lowest BCUT2D eigenvalue weighted by Crippen LogP contribution is -1.92. The first kappa shape index (κ1) is 13.1. The number of hydrogen-bond donors (Lipinski definition) is 0. The summed E-state index contributed by atoms with van der Waals surface area (Å²) in [6.45, 7) is 4.05. The van der Waals surface area contributed by atoms with E-state index in [1.54, 1.807) is 11.3 Å². The number of hydrogen-bond acceptors (Lipinski definition) is 3. The van der Waals surface area contributed by atoms with Gasteiger partial charge < -0.3 is 0 Å². The molecule has 0 amide bonds. The van der Waals surface area contributed by atoms with Crippen molar-refractivity contribution in [2.24, 2.45) is 0 Å². The van der Waals surface area contributed by atoms with Crippen LogP contribution in [0.4, 0.5) is 0 Å². The van der Waals surface area contributed by atoms with Crippen molar-refractivity contribution in [3.8, 4) is 12.1 Å². The molecule has 2 nitrogen and oxygen atoms in total. The van der Waals surface area contributed by atoms with Gasteiger partial charge in [-0.05, 0) is 31.0 Å². The molecule has 1 aromatic heterocycles. The third kappa shape index (κ3) is 2.57. The zero-order valence-corrected chi connectivity index (χ0v) is 11.6. The summed E-state index contributed by atoms with van der Waals surface area (Å²) in [4.78, 5) is 2.30. The molecule has 0 atom stereocenters. The lowest BCUT2D eigenvalue weighted by atomic mass is 9.94. The summed E-state index contributed by atoms with van der Waals surface area (Å²) in [5, 5.41) is 18.4. The maximum absolute atomic E-state index is 9.19. The van der Waals surface area contributed by atoms with Crippen LogP contribution in [-0.4, -0.2) is 0 Å². The SMILES string of the molecule is Cc1cc(C(=C(C#N)C#N)c2ccccc2)c(C)s1. The van der Waals surface area contributed by atoms with E-state index in [1.165, 1.54) is 4.88 Å². The highest BCUT2D eigenvalue weighted by atomic mass is 32.1. The standard InChI is InChI=1S/C16H12N2S/c1-11-8-15(12(2)19-11)16(14(9-17)10-18)13-6-4-3-5-7-13/h3-8H,1-2H3. The molecule has 92 valence electrons. The second-order valence-corrected chi connectivity index (χ2v) is 5.63. The highest BCUT2D eigenvalue weighted by Crippen LogP contribution is 2.33. The molecule has 2 aromatic rings. The Morgan fingerprint density at radius 3 is 2.16 bits per heavy atom. The minimum Gasteiger partial charge on any atom is -0.192 e. The van der Waals surface area contributed by atoms with Crippen LogP contribution < -0.4 is 0 Å². The van der Waals surface area contributed by atoms with Crippen LogP contribution in [0.1, 0.15) is 20.9 Å². The summed E-state index contributed by atoms with van der Waals surface area (Å²) >= 11 is 1.68. The Morgan fingerprint density at radius 2 is 1.68 bits per heavy atom. The number of thiophene rings is 1. The molecule has 0 aliphatic heterocycles. The molecular formula is C16H12N2S. The maximum atomic E-state index is 9.19. The summed E-state index contributed by atoms with van der Waals surface area (Å²) in [5.74, 6) is 0. The lowest BCUT2D eigenvalue weighted by molar-refractivity contribution is 1.44. The van der Waals surface area contributed by atoms with Gasteiger partial charge >= 0.3 is 0 Å². The van der Waals surface area contributed by atoms with Crippen molar-refractivity contribution in [1.29, 1.82) is 10.5 Å². The van der Waals surface area contributed by atoms with Crippen LogP contribution in [0.25, 0.3) is 5.57 Å². The van der Waals surface area contributed by atoms with E-state index in [0.29, 0.717) is 0 Å². The molecule has 0 radical (unpaired) electrons. The predicted octanol–water partition coefficient (Wildman–Crippen LogP) is 4.21. The molecule has 2 rings (SSSR count). The average Bonchev–Trinajstić information content (AvgIpc) is 2.75. The van der Waals surface area contributed by atoms with Gasteiger partial charge in [0.15, 0.2) is 0 Å². The van der Waals surface area contributed by atoms with Crippen LogP contribution in [0.5, 0.6) is 0 Å². The summed E-state index contributed by atoms with van der Waals surface area (Å²) in [7, 11) is 0. The van der Waals surface area contributed by atoms with Crippen molar-refractivity contribution >= 4 is 16.9 Å². The van der Waals surface area contributed by atoms with Crippen LogP contribution in [0.15, 0.2) is 42.0 Å². The molecule has 0 saturated heterocycles. The van der Waals surface area contributed by atoms with E-state index in [9.17, 15) is 10.5 Å². The first-order chi connectivity index (χ1) is 9.17. The van der Waals surface area contributed by atoms with E-state index in [4.69, 9.17) is 0 Å². The normalized spacial score (nSPS) is 9.47. The molecule has 0 N–H and O–H groups in total. The summed E-state index contributed by atoms with van der Waals surface area (Å²) in [6.07, 6.45) is 0. The molecule has 0 aliphatic rings. The minimum absolute atomic E-state index is 0.159. The fourth-order valence-electron chi connectivity index (χ4n) is 2.06. The maximum Gasteiger partial charge on any atom is 0.138 e. The zero-order chi connectivity index (χ0) is 13.8. The monoisotopic (exact) mass is 264 g/mol. The zero-order valence-electron chi connectivity index (χ0n) is 10.8. The van der Waals surface area contributed by atoms with Crippen LogP contribution in [0.3, 0.4) is 0 Å². The van der Waals surface area contributed by atoms with E-state index in [0.717, 1.165) is 21.6 Å². The van der Waals surface area contributed by atoms with E-state index < -0.39 is 0 Å². The smallest absolute Gasteiger partial charge is 0.138 e. The molecule has 0 aliphatic carbocycles. The van der Waals surface area contributed by atoms with Gasteiger partial charge in [0.2, 0.25) is 0 Å². The highest BCUT2D eigenvalue weighted by Gasteiger charge is 2.15. The fraction of sp³-hybridized carbons (Fsp3) is 0.125. The van der Waals surface area contributed by atoms with Crippen LogP contribution in [0, 0.1) is 36.5 Å². The second kappa shape index (κ2) is 5.52. The number of benzene rings is 1. The predicted molar refractivity (Wildman–Crippen MR) is 77.5 cm³/mol. The Kier molecular flexibility index (Phi) is 3.80. The number of rotatable bonds is 2. The van der Waals surface area contributed by atoms with Gasteiger partial charge in [0.05, 0.1) is 0 Å². The molecule has 0 saturated carbocycles. The van der Waals surface area contributed by atoms with Crippen LogP contribution in [0.2, 0.25) is 0 Å². The van der Waals surface area contributed by atoms with Gasteiger partial charge in [-0.2, -0.15) is 10.5 Å². The average molecular weight is 264 g/mol. The van der Waals surface area contributed by atoms with Crippen molar-refractivity contribution in [2.75, 3.05) is 0 Å². The molecule has 0 bridgehead atoms. The fourth-order valence-corrected chi connectivity index (χ4v) is 2.99. The second-order valence-electron chi connectivity index (χ2n) is 4.17.